The fourth-order valence-electron chi connectivity index (χ4n) is 2.90. The summed E-state index contributed by atoms with van der Waals surface area (Å²) >= 11 is 0. The number of carboxylic acids is 1. The van der Waals surface area contributed by atoms with Gasteiger partial charge in [0.2, 0.25) is 0 Å². The maximum atomic E-state index is 12.5. The van der Waals surface area contributed by atoms with Gasteiger partial charge in [-0.25, -0.2) is 4.79 Å². The number of aliphatic carboxylic acids is 1. The lowest BCUT2D eigenvalue weighted by Crippen LogP contribution is -2.48. The van der Waals surface area contributed by atoms with Gasteiger partial charge in [0, 0.05) is 44.3 Å². The van der Waals surface area contributed by atoms with E-state index in [2.05, 4.69) is 9.88 Å². The van der Waals surface area contributed by atoms with Gasteiger partial charge in [0.25, 0.3) is 5.91 Å². The SMILES string of the molecule is CC(C)(Oc1ccc(N2CCN(C(=O)c3cccnc3)CC2)cc1)C(=O)O. The number of benzene rings is 1. The molecule has 1 aromatic carbocycles. The van der Waals surface area contributed by atoms with E-state index in [1.54, 1.807) is 36.7 Å². The maximum Gasteiger partial charge on any atom is 0.347 e. The Morgan fingerprint density at radius 1 is 1.07 bits per heavy atom. The number of anilines is 1. The highest BCUT2D eigenvalue weighted by molar-refractivity contribution is 5.94. The number of hydrogen-bond donors (Lipinski definition) is 1. The zero-order valence-corrected chi connectivity index (χ0v) is 15.5. The van der Waals surface area contributed by atoms with Crippen LogP contribution in [0.3, 0.4) is 0 Å². The van der Waals surface area contributed by atoms with Crippen LogP contribution in [0.1, 0.15) is 24.2 Å². The number of rotatable bonds is 5. The standard InChI is InChI=1S/C20H23N3O4/c1-20(2,19(25)26)27-17-7-5-16(6-8-17)22-10-12-23(13-11-22)18(24)15-4-3-9-21-14-15/h3-9,14H,10-13H2,1-2H3,(H,25,26). The van der Waals surface area contributed by atoms with Gasteiger partial charge in [0.1, 0.15) is 5.75 Å². The van der Waals surface area contributed by atoms with Crippen molar-refractivity contribution in [2.75, 3.05) is 31.1 Å². The predicted octanol–water partition coefficient (Wildman–Crippen LogP) is 2.29. The smallest absolute Gasteiger partial charge is 0.347 e. The molecule has 0 atom stereocenters. The van der Waals surface area contributed by atoms with Crippen LogP contribution >= 0.6 is 0 Å². The molecule has 1 aliphatic rings. The van der Waals surface area contributed by atoms with Crippen molar-refractivity contribution in [1.82, 2.24) is 9.88 Å². The molecule has 1 aromatic heterocycles. The Bertz CT molecular complexity index is 798. The van der Waals surface area contributed by atoms with E-state index in [-0.39, 0.29) is 5.91 Å². The van der Waals surface area contributed by atoms with E-state index in [0.717, 1.165) is 18.8 Å². The van der Waals surface area contributed by atoms with Gasteiger partial charge in [-0.2, -0.15) is 0 Å². The van der Waals surface area contributed by atoms with Crippen molar-refractivity contribution in [3.05, 3.63) is 54.4 Å². The Kier molecular flexibility index (Phi) is 5.30. The molecule has 0 spiro atoms. The van der Waals surface area contributed by atoms with Gasteiger partial charge >= 0.3 is 5.97 Å². The van der Waals surface area contributed by atoms with Gasteiger partial charge in [-0.3, -0.25) is 9.78 Å². The minimum absolute atomic E-state index is 0.00222. The number of ether oxygens (including phenoxy) is 1. The van der Waals surface area contributed by atoms with E-state index < -0.39 is 11.6 Å². The summed E-state index contributed by atoms with van der Waals surface area (Å²) < 4.78 is 5.53. The monoisotopic (exact) mass is 369 g/mol. The second kappa shape index (κ2) is 7.65. The normalized spacial score (nSPS) is 14.7. The topological polar surface area (TPSA) is 83.0 Å². The minimum atomic E-state index is -1.28. The number of nitrogens with zero attached hydrogens (tertiary/aromatic N) is 3. The summed E-state index contributed by atoms with van der Waals surface area (Å²) in [7, 11) is 0. The van der Waals surface area contributed by atoms with Crippen molar-refractivity contribution in [2.45, 2.75) is 19.4 Å². The molecule has 1 amide bonds. The lowest BCUT2D eigenvalue weighted by atomic mass is 10.1. The first kappa shape index (κ1) is 18.7. The molecular weight excluding hydrogens is 346 g/mol. The van der Waals surface area contributed by atoms with Crippen LogP contribution in [0.25, 0.3) is 0 Å². The van der Waals surface area contributed by atoms with Crippen molar-refractivity contribution in [2.24, 2.45) is 0 Å². The third kappa shape index (κ3) is 4.36. The molecule has 0 bridgehead atoms. The Morgan fingerprint density at radius 3 is 2.30 bits per heavy atom. The molecule has 7 nitrogen and oxygen atoms in total. The van der Waals surface area contributed by atoms with E-state index in [9.17, 15) is 9.59 Å². The first-order valence-electron chi connectivity index (χ1n) is 8.83. The highest BCUT2D eigenvalue weighted by atomic mass is 16.5. The lowest BCUT2D eigenvalue weighted by molar-refractivity contribution is -0.152. The summed E-state index contributed by atoms with van der Waals surface area (Å²) in [5.74, 6) is -0.500. The van der Waals surface area contributed by atoms with Crippen LogP contribution in [0.4, 0.5) is 5.69 Å². The average molecular weight is 369 g/mol. The Labute approximate surface area is 158 Å². The van der Waals surface area contributed by atoms with E-state index in [1.165, 1.54) is 13.8 Å². The fraction of sp³-hybridized carbons (Fsp3) is 0.350. The number of piperazine rings is 1. The molecule has 2 aromatic rings. The van der Waals surface area contributed by atoms with Gasteiger partial charge in [0.15, 0.2) is 5.60 Å². The Hall–Kier alpha value is -3.09. The summed E-state index contributed by atoms with van der Waals surface area (Å²) in [6.07, 6.45) is 3.24. The van der Waals surface area contributed by atoms with Gasteiger partial charge < -0.3 is 19.6 Å². The van der Waals surface area contributed by atoms with Crippen LogP contribution in [0.15, 0.2) is 48.8 Å². The van der Waals surface area contributed by atoms with Gasteiger partial charge in [0.05, 0.1) is 5.56 Å². The molecule has 0 saturated carbocycles. The van der Waals surface area contributed by atoms with Gasteiger partial charge in [-0.05, 0) is 50.2 Å². The minimum Gasteiger partial charge on any atom is -0.478 e. The second-order valence-corrected chi connectivity index (χ2v) is 6.93. The molecule has 0 radical (unpaired) electrons. The number of amides is 1. The van der Waals surface area contributed by atoms with Crippen molar-refractivity contribution >= 4 is 17.6 Å². The van der Waals surface area contributed by atoms with E-state index in [1.807, 2.05) is 17.0 Å². The third-order valence-corrected chi connectivity index (χ3v) is 4.57. The highest BCUT2D eigenvalue weighted by Crippen LogP contribution is 2.24. The zero-order valence-electron chi connectivity index (χ0n) is 15.5. The maximum absolute atomic E-state index is 12.5. The third-order valence-electron chi connectivity index (χ3n) is 4.57. The van der Waals surface area contributed by atoms with Crippen molar-refractivity contribution in [3.63, 3.8) is 0 Å². The van der Waals surface area contributed by atoms with Crippen LogP contribution in [0.2, 0.25) is 0 Å². The zero-order chi connectivity index (χ0) is 19.4. The van der Waals surface area contributed by atoms with E-state index >= 15 is 0 Å². The molecule has 0 unspecified atom stereocenters. The van der Waals surface area contributed by atoms with Crippen LogP contribution in [-0.4, -0.2) is 58.6 Å². The highest BCUT2D eigenvalue weighted by Gasteiger charge is 2.29. The second-order valence-electron chi connectivity index (χ2n) is 6.93. The molecule has 1 aliphatic heterocycles. The fourth-order valence-corrected chi connectivity index (χ4v) is 2.90. The van der Waals surface area contributed by atoms with Crippen LogP contribution in [-0.2, 0) is 4.79 Å². The van der Waals surface area contributed by atoms with E-state index in [0.29, 0.717) is 24.4 Å². The van der Waals surface area contributed by atoms with Crippen LogP contribution in [0, 0.1) is 0 Å². The Morgan fingerprint density at radius 2 is 1.74 bits per heavy atom. The average Bonchev–Trinajstić information content (AvgIpc) is 2.68. The molecule has 0 aliphatic carbocycles. The molecule has 142 valence electrons. The number of aromatic nitrogens is 1. The lowest BCUT2D eigenvalue weighted by Gasteiger charge is -2.36. The number of pyridine rings is 1. The molecule has 1 saturated heterocycles. The molecular formula is C20H23N3O4. The summed E-state index contributed by atoms with van der Waals surface area (Å²) in [5.41, 5.74) is 0.345. The predicted molar refractivity (Wildman–Crippen MR) is 101 cm³/mol. The first-order chi connectivity index (χ1) is 12.9. The number of carbonyl (C=O) groups is 2. The Balaban J connectivity index is 1.58. The van der Waals surface area contributed by atoms with Crippen LogP contribution in [0.5, 0.6) is 5.75 Å². The van der Waals surface area contributed by atoms with Crippen LogP contribution < -0.4 is 9.64 Å². The van der Waals surface area contributed by atoms with Gasteiger partial charge in [-0.15, -0.1) is 0 Å². The van der Waals surface area contributed by atoms with Crippen molar-refractivity contribution < 1.29 is 19.4 Å². The summed E-state index contributed by atoms with van der Waals surface area (Å²) in [6.45, 7) is 5.76. The van der Waals surface area contributed by atoms with Crippen molar-refractivity contribution in [1.29, 1.82) is 0 Å². The number of hydrogen-bond acceptors (Lipinski definition) is 5. The van der Waals surface area contributed by atoms with Gasteiger partial charge in [-0.1, -0.05) is 0 Å². The molecule has 1 fully saturated rings. The van der Waals surface area contributed by atoms with Crippen molar-refractivity contribution in [3.8, 4) is 5.75 Å². The quantitative estimate of drug-likeness (QED) is 0.871. The summed E-state index contributed by atoms with van der Waals surface area (Å²) in [5, 5.41) is 9.14. The molecule has 1 N–H and O–H groups in total. The number of carbonyl (C=O) groups excluding carboxylic acids is 1. The molecule has 3 rings (SSSR count). The van der Waals surface area contributed by atoms with E-state index in [4.69, 9.17) is 9.84 Å². The number of carboxylic acid groups (broad SMARTS) is 1. The molecule has 2 heterocycles. The molecule has 7 heteroatoms. The first-order valence-corrected chi connectivity index (χ1v) is 8.83. The largest absolute Gasteiger partial charge is 0.478 e. The molecule has 27 heavy (non-hydrogen) atoms. The summed E-state index contributed by atoms with van der Waals surface area (Å²) in [6, 6.07) is 10.9. The summed E-state index contributed by atoms with van der Waals surface area (Å²) in [4.78, 5) is 31.7.